The lowest BCUT2D eigenvalue weighted by Crippen LogP contribution is -2.51. The molecule has 1 aliphatic rings. The summed E-state index contributed by atoms with van der Waals surface area (Å²) < 4.78 is 20.6. The maximum absolute atomic E-state index is 13.8. The van der Waals surface area contributed by atoms with Crippen molar-refractivity contribution in [2.75, 3.05) is 0 Å². The molecular formula is C28H34BrFN2O2Si. The van der Waals surface area contributed by atoms with Gasteiger partial charge < -0.3 is 9.33 Å². The summed E-state index contributed by atoms with van der Waals surface area (Å²) in [4.78, 5) is 20.4. The summed E-state index contributed by atoms with van der Waals surface area (Å²) in [6, 6.07) is 10.5. The molecule has 0 saturated heterocycles. The van der Waals surface area contributed by atoms with Crippen molar-refractivity contribution in [3.63, 3.8) is 0 Å². The van der Waals surface area contributed by atoms with E-state index < -0.39 is 8.32 Å². The quantitative estimate of drug-likeness (QED) is 0.208. The van der Waals surface area contributed by atoms with E-state index in [0.29, 0.717) is 46.4 Å². The molecule has 0 aliphatic carbocycles. The van der Waals surface area contributed by atoms with Crippen molar-refractivity contribution in [1.29, 1.82) is 0 Å². The third kappa shape index (κ3) is 4.53. The summed E-state index contributed by atoms with van der Waals surface area (Å²) in [7, 11) is -2.35. The Kier molecular flexibility index (Phi) is 7.39. The highest BCUT2D eigenvalue weighted by atomic mass is 79.9. The topological polar surface area (TPSA) is 42.4 Å². The fourth-order valence-electron chi connectivity index (χ4n) is 5.84. The van der Waals surface area contributed by atoms with Crippen LogP contribution in [0.2, 0.25) is 16.6 Å². The molecule has 1 aromatic heterocycles. The number of alkyl halides is 1. The second-order valence-electron chi connectivity index (χ2n) is 10.4. The number of fused-ring (bicyclic) bond motifs is 2. The Bertz CT molecular complexity index is 1220. The lowest BCUT2D eigenvalue weighted by molar-refractivity contribution is 0.0765. The molecular weight excluding hydrogens is 523 g/mol. The minimum atomic E-state index is -2.35. The molecule has 0 atom stereocenters. The number of halogens is 2. The minimum absolute atomic E-state index is 0.0496. The van der Waals surface area contributed by atoms with Gasteiger partial charge in [0.05, 0.1) is 5.56 Å². The summed E-state index contributed by atoms with van der Waals surface area (Å²) in [5, 5.41) is 1.72. The molecule has 7 heteroatoms. The molecule has 0 bridgehead atoms. The first kappa shape index (κ1) is 25.8. The van der Waals surface area contributed by atoms with Crippen LogP contribution in [0.3, 0.4) is 0 Å². The Morgan fingerprint density at radius 1 is 1.06 bits per heavy atom. The first-order chi connectivity index (χ1) is 16.6. The van der Waals surface area contributed by atoms with Crippen molar-refractivity contribution in [2.24, 2.45) is 0 Å². The van der Waals surface area contributed by atoms with Gasteiger partial charge in [0.2, 0.25) is 0 Å². The first-order valence-electron chi connectivity index (χ1n) is 12.3. The third-order valence-corrected chi connectivity index (χ3v) is 14.0. The maximum atomic E-state index is 13.8. The summed E-state index contributed by atoms with van der Waals surface area (Å²) in [5.74, 6) is 0.318. The van der Waals surface area contributed by atoms with Crippen LogP contribution in [0, 0.1) is 5.82 Å². The van der Waals surface area contributed by atoms with Gasteiger partial charge in [-0.3, -0.25) is 9.78 Å². The summed E-state index contributed by atoms with van der Waals surface area (Å²) in [6.07, 6.45) is 1.80. The zero-order valence-electron chi connectivity index (χ0n) is 21.4. The van der Waals surface area contributed by atoms with Crippen molar-refractivity contribution < 1.29 is 13.6 Å². The molecule has 0 unspecified atom stereocenters. The van der Waals surface area contributed by atoms with E-state index in [9.17, 15) is 9.18 Å². The van der Waals surface area contributed by atoms with E-state index in [2.05, 4.69) is 63.5 Å². The van der Waals surface area contributed by atoms with Crippen molar-refractivity contribution in [3.8, 4) is 5.75 Å². The highest BCUT2D eigenvalue weighted by Crippen LogP contribution is 2.47. The molecule has 0 N–H and O–H groups in total. The molecule has 4 rings (SSSR count). The van der Waals surface area contributed by atoms with E-state index in [-0.39, 0.29) is 11.7 Å². The van der Waals surface area contributed by atoms with Crippen LogP contribution in [0.25, 0.3) is 10.9 Å². The molecule has 4 nitrogen and oxygen atoms in total. The molecule has 186 valence electrons. The molecule has 2 heterocycles. The molecule has 35 heavy (non-hydrogen) atoms. The second kappa shape index (κ2) is 10.0. The predicted molar refractivity (Wildman–Crippen MR) is 146 cm³/mol. The Morgan fingerprint density at radius 2 is 1.69 bits per heavy atom. The normalized spacial score (nSPS) is 14.0. The van der Waals surface area contributed by atoms with Gasteiger partial charge in [0, 0.05) is 30.0 Å². The van der Waals surface area contributed by atoms with Gasteiger partial charge in [0.15, 0.2) is 0 Å². The van der Waals surface area contributed by atoms with Gasteiger partial charge in [-0.1, -0.05) is 69.6 Å². The smallest absolute Gasteiger partial charge is 0.258 e. The van der Waals surface area contributed by atoms with Gasteiger partial charge in [0.1, 0.15) is 17.1 Å². The molecule has 0 spiro atoms. The standard InChI is InChI=1S/C28H34BrFN2O2Si/c1-17(2)35(18(3)4,19(5)6)34-27-25-22(13-24-21(14-29)11-12-31-26(24)27)16-32(28(25)33)15-20-7-9-23(30)10-8-20/h7-13,17-19H,14-16H2,1-6H3. The van der Waals surface area contributed by atoms with Gasteiger partial charge in [-0.15, -0.1) is 0 Å². The van der Waals surface area contributed by atoms with Crippen LogP contribution in [0.1, 0.15) is 68.6 Å². The van der Waals surface area contributed by atoms with Crippen molar-refractivity contribution in [3.05, 3.63) is 70.7 Å². The van der Waals surface area contributed by atoms with Crippen LogP contribution >= 0.6 is 15.9 Å². The predicted octanol–water partition coefficient (Wildman–Crippen LogP) is 7.98. The summed E-state index contributed by atoms with van der Waals surface area (Å²) in [5.41, 5.74) is 5.47. The number of aromatic nitrogens is 1. The highest BCUT2D eigenvalue weighted by Gasteiger charge is 2.48. The number of benzene rings is 2. The van der Waals surface area contributed by atoms with Crippen molar-refractivity contribution in [2.45, 2.75) is 76.6 Å². The molecule has 0 radical (unpaired) electrons. The Hall–Kier alpha value is -2.25. The molecule has 1 amide bonds. The number of nitrogens with zero attached hydrogens (tertiary/aromatic N) is 2. The zero-order valence-corrected chi connectivity index (χ0v) is 23.9. The van der Waals surface area contributed by atoms with E-state index in [1.807, 2.05) is 11.0 Å². The largest absolute Gasteiger partial charge is 0.541 e. The van der Waals surface area contributed by atoms with Crippen LogP contribution in [-0.4, -0.2) is 24.1 Å². The van der Waals surface area contributed by atoms with E-state index in [1.54, 1.807) is 18.3 Å². The molecule has 0 fully saturated rings. The van der Waals surface area contributed by atoms with Gasteiger partial charge >= 0.3 is 0 Å². The number of carbonyl (C=O) groups excluding carboxylic acids is 1. The fourth-order valence-corrected chi connectivity index (χ4v) is 11.6. The number of carbonyl (C=O) groups is 1. The van der Waals surface area contributed by atoms with Crippen molar-refractivity contribution >= 4 is 41.1 Å². The molecule has 0 saturated carbocycles. The number of rotatable bonds is 8. The van der Waals surface area contributed by atoms with Crippen LogP contribution in [0.15, 0.2) is 42.6 Å². The number of amides is 1. The Balaban J connectivity index is 1.89. The van der Waals surface area contributed by atoms with Gasteiger partial charge in [-0.25, -0.2) is 4.39 Å². The van der Waals surface area contributed by atoms with Crippen LogP contribution < -0.4 is 4.43 Å². The van der Waals surface area contributed by atoms with E-state index in [0.717, 1.165) is 27.6 Å². The van der Waals surface area contributed by atoms with Crippen LogP contribution in [0.4, 0.5) is 4.39 Å². The number of pyridine rings is 1. The van der Waals surface area contributed by atoms with Crippen LogP contribution in [0.5, 0.6) is 5.75 Å². The first-order valence-corrected chi connectivity index (χ1v) is 15.6. The Morgan fingerprint density at radius 3 is 2.26 bits per heavy atom. The molecule has 2 aromatic carbocycles. The highest BCUT2D eigenvalue weighted by molar-refractivity contribution is 9.08. The van der Waals surface area contributed by atoms with Crippen molar-refractivity contribution in [1.82, 2.24) is 9.88 Å². The number of hydrogen-bond acceptors (Lipinski definition) is 3. The lowest BCUT2D eigenvalue weighted by Gasteiger charge is -2.42. The van der Waals surface area contributed by atoms with E-state index in [1.165, 1.54) is 12.1 Å². The third-order valence-electron chi connectivity index (χ3n) is 7.44. The molecule has 3 aromatic rings. The SMILES string of the molecule is CC(C)[Si](Oc1c2c(cc3c(CBr)ccnc13)CN(Cc1ccc(F)cc1)C2=O)(C(C)C)C(C)C. The Labute approximate surface area is 217 Å². The van der Waals surface area contributed by atoms with Gasteiger partial charge in [-0.2, -0.15) is 0 Å². The maximum Gasteiger partial charge on any atom is 0.258 e. The van der Waals surface area contributed by atoms with E-state index in [4.69, 9.17) is 9.41 Å². The number of hydrogen-bond donors (Lipinski definition) is 0. The zero-order chi connectivity index (χ0) is 25.5. The fraction of sp³-hybridized carbons (Fsp3) is 0.429. The monoisotopic (exact) mass is 556 g/mol. The second-order valence-corrected chi connectivity index (χ2v) is 16.4. The summed E-state index contributed by atoms with van der Waals surface area (Å²) >= 11 is 3.62. The average molecular weight is 558 g/mol. The van der Waals surface area contributed by atoms with E-state index >= 15 is 0 Å². The molecule has 1 aliphatic heterocycles. The minimum Gasteiger partial charge on any atom is -0.541 e. The van der Waals surface area contributed by atoms with Gasteiger partial charge in [-0.05, 0) is 57.6 Å². The lowest BCUT2D eigenvalue weighted by atomic mass is 10.0. The average Bonchev–Trinajstić information content (AvgIpc) is 3.12. The van der Waals surface area contributed by atoms with Gasteiger partial charge in [0.25, 0.3) is 14.2 Å². The van der Waals surface area contributed by atoms with Crippen LogP contribution in [-0.2, 0) is 18.4 Å². The summed E-state index contributed by atoms with van der Waals surface area (Å²) in [6.45, 7) is 14.4.